The van der Waals surface area contributed by atoms with Gasteiger partial charge in [0.25, 0.3) is 0 Å². The molecule has 0 unspecified atom stereocenters. The topological polar surface area (TPSA) is 53.0 Å². The van der Waals surface area contributed by atoms with Crippen LogP contribution >= 0.6 is 0 Å². The molecule has 5 heteroatoms. The van der Waals surface area contributed by atoms with Crippen LogP contribution in [0.25, 0.3) is 0 Å². The van der Waals surface area contributed by atoms with Crippen molar-refractivity contribution in [2.24, 2.45) is 0 Å². The van der Waals surface area contributed by atoms with Crippen molar-refractivity contribution in [2.45, 2.75) is 56.7 Å². The van der Waals surface area contributed by atoms with Gasteiger partial charge in [-0.2, -0.15) is 0 Å². The maximum absolute atomic E-state index is 12.7. The van der Waals surface area contributed by atoms with E-state index < -0.39 is 5.60 Å². The Bertz CT molecular complexity index is 366. The van der Waals surface area contributed by atoms with E-state index in [2.05, 4.69) is 4.90 Å². The number of likely N-dealkylation sites (tertiary alicyclic amines) is 1. The van der Waals surface area contributed by atoms with E-state index in [1.807, 2.05) is 11.8 Å². The Morgan fingerprint density at radius 2 is 2.05 bits per heavy atom. The van der Waals surface area contributed by atoms with E-state index in [4.69, 9.17) is 4.74 Å². The van der Waals surface area contributed by atoms with Crippen molar-refractivity contribution in [1.29, 1.82) is 0 Å². The Hall–Kier alpha value is -0.650. The lowest BCUT2D eigenvalue weighted by Gasteiger charge is -2.40. The molecule has 0 radical (unpaired) electrons. The number of carbonyl (C=O) groups excluding carboxylic acids is 1. The molecule has 1 aliphatic carbocycles. The molecule has 3 aliphatic rings. The van der Waals surface area contributed by atoms with Crippen LogP contribution in [0.3, 0.4) is 0 Å². The molecular weight excluding hydrogens is 256 g/mol. The third kappa shape index (κ3) is 2.85. The third-order valence-corrected chi connectivity index (χ3v) is 5.01. The second-order valence-electron chi connectivity index (χ2n) is 6.77. The Labute approximate surface area is 120 Å². The van der Waals surface area contributed by atoms with Crippen LogP contribution in [-0.4, -0.2) is 71.3 Å². The fraction of sp³-hybridized carbons (Fsp3) is 0.933. The summed E-state index contributed by atoms with van der Waals surface area (Å²) in [4.78, 5) is 16.9. The van der Waals surface area contributed by atoms with Gasteiger partial charge in [-0.15, -0.1) is 0 Å². The molecule has 5 nitrogen and oxygen atoms in total. The van der Waals surface area contributed by atoms with Gasteiger partial charge in [-0.25, -0.2) is 0 Å². The van der Waals surface area contributed by atoms with Crippen LogP contribution in [0.15, 0.2) is 0 Å². The number of hydrogen-bond donors (Lipinski definition) is 1. The summed E-state index contributed by atoms with van der Waals surface area (Å²) < 4.78 is 5.55. The quantitative estimate of drug-likeness (QED) is 0.806. The normalized spacial score (nSPS) is 36.7. The van der Waals surface area contributed by atoms with Gasteiger partial charge in [0.2, 0.25) is 5.91 Å². The van der Waals surface area contributed by atoms with Gasteiger partial charge >= 0.3 is 0 Å². The van der Waals surface area contributed by atoms with E-state index in [0.717, 1.165) is 13.2 Å². The van der Waals surface area contributed by atoms with E-state index in [0.29, 0.717) is 32.2 Å². The minimum atomic E-state index is -0.719. The number of morpholine rings is 1. The fourth-order valence-corrected chi connectivity index (χ4v) is 3.85. The molecule has 1 N–H and O–H groups in total. The standard InChI is InChI=1S/C15H26N2O3/c1-15(19)6-7-16(11-15)14(18)13-10-20-9-8-17(13)12-4-2-3-5-12/h12-13,19H,2-11H2,1H3/t13-,15+/m0/s1. The molecule has 0 aromatic rings. The first-order valence-electron chi connectivity index (χ1n) is 7.91. The summed E-state index contributed by atoms with van der Waals surface area (Å²) >= 11 is 0. The van der Waals surface area contributed by atoms with Crippen LogP contribution < -0.4 is 0 Å². The van der Waals surface area contributed by atoms with Gasteiger partial charge in [0.1, 0.15) is 6.04 Å². The minimum absolute atomic E-state index is 0.138. The van der Waals surface area contributed by atoms with E-state index >= 15 is 0 Å². The predicted octanol–water partition coefficient (Wildman–Crippen LogP) is 0.613. The zero-order valence-corrected chi connectivity index (χ0v) is 12.4. The molecule has 2 atom stereocenters. The van der Waals surface area contributed by atoms with Crippen LogP contribution in [0.4, 0.5) is 0 Å². The third-order valence-electron chi connectivity index (χ3n) is 5.01. The van der Waals surface area contributed by atoms with Crippen molar-refractivity contribution in [2.75, 3.05) is 32.8 Å². The molecule has 3 rings (SSSR count). The maximum atomic E-state index is 12.7. The predicted molar refractivity (Wildman–Crippen MR) is 75.4 cm³/mol. The van der Waals surface area contributed by atoms with Gasteiger partial charge in [0, 0.05) is 25.7 Å². The van der Waals surface area contributed by atoms with Crippen molar-refractivity contribution in [3.8, 4) is 0 Å². The van der Waals surface area contributed by atoms with E-state index in [9.17, 15) is 9.90 Å². The number of carbonyl (C=O) groups is 1. The minimum Gasteiger partial charge on any atom is -0.388 e. The molecule has 2 heterocycles. The van der Waals surface area contributed by atoms with Gasteiger partial charge in [-0.3, -0.25) is 9.69 Å². The first kappa shape index (κ1) is 14.3. The molecule has 0 aromatic heterocycles. The lowest BCUT2D eigenvalue weighted by molar-refractivity contribution is -0.145. The Morgan fingerprint density at radius 1 is 1.30 bits per heavy atom. The van der Waals surface area contributed by atoms with Crippen molar-refractivity contribution < 1.29 is 14.6 Å². The highest BCUT2D eigenvalue weighted by atomic mass is 16.5. The van der Waals surface area contributed by atoms with Crippen molar-refractivity contribution in [3.63, 3.8) is 0 Å². The number of rotatable bonds is 2. The highest BCUT2D eigenvalue weighted by Gasteiger charge is 2.41. The number of aliphatic hydroxyl groups is 1. The van der Waals surface area contributed by atoms with Crippen LogP contribution in [0.1, 0.15) is 39.0 Å². The molecule has 0 spiro atoms. The number of nitrogens with zero attached hydrogens (tertiary/aromatic N) is 2. The highest BCUT2D eigenvalue weighted by molar-refractivity contribution is 5.82. The second-order valence-corrected chi connectivity index (χ2v) is 6.77. The van der Waals surface area contributed by atoms with Gasteiger partial charge in [0.15, 0.2) is 0 Å². The molecule has 20 heavy (non-hydrogen) atoms. The lowest BCUT2D eigenvalue weighted by atomic mass is 10.1. The van der Waals surface area contributed by atoms with Gasteiger partial charge in [0.05, 0.1) is 18.8 Å². The van der Waals surface area contributed by atoms with Gasteiger partial charge < -0.3 is 14.7 Å². The van der Waals surface area contributed by atoms with E-state index in [1.54, 1.807) is 0 Å². The molecular formula is C15H26N2O3. The zero-order chi connectivity index (χ0) is 14.2. The van der Waals surface area contributed by atoms with Crippen LogP contribution in [0, 0.1) is 0 Å². The molecule has 114 valence electrons. The molecule has 0 bridgehead atoms. The van der Waals surface area contributed by atoms with Crippen molar-refractivity contribution in [1.82, 2.24) is 9.80 Å². The lowest BCUT2D eigenvalue weighted by Crippen LogP contribution is -2.57. The molecule has 2 aliphatic heterocycles. The summed E-state index contributed by atoms with van der Waals surface area (Å²) in [6.07, 6.45) is 5.65. The summed E-state index contributed by atoms with van der Waals surface area (Å²) in [7, 11) is 0. The number of β-amino-alcohol motifs (C(OH)–C–C–N with tert-alkyl or cyclic N) is 1. The summed E-state index contributed by atoms with van der Waals surface area (Å²) in [6, 6.07) is 0.414. The smallest absolute Gasteiger partial charge is 0.242 e. The van der Waals surface area contributed by atoms with Gasteiger partial charge in [-0.1, -0.05) is 12.8 Å². The van der Waals surface area contributed by atoms with Crippen molar-refractivity contribution in [3.05, 3.63) is 0 Å². The van der Waals surface area contributed by atoms with E-state index in [-0.39, 0.29) is 11.9 Å². The molecule has 3 fully saturated rings. The Morgan fingerprint density at radius 3 is 2.70 bits per heavy atom. The summed E-state index contributed by atoms with van der Waals surface area (Å²) in [5.74, 6) is 0.148. The Balaban J connectivity index is 1.68. The fourth-order valence-electron chi connectivity index (χ4n) is 3.85. The van der Waals surface area contributed by atoms with E-state index in [1.165, 1.54) is 25.7 Å². The number of amides is 1. The monoisotopic (exact) mass is 282 g/mol. The van der Waals surface area contributed by atoms with Crippen LogP contribution in [-0.2, 0) is 9.53 Å². The number of hydrogen-bond acceptors (Lipinski definition) is 4. The highest BCUT2D eigenvalue weighted by Crippen LogP contribution is 2.28. The van der Waals surface area contributed by atoms with Crippen LogP contribution in [0.2, 0.25) is 0 Å². The van der Waals surface area contributed by atoms with Crippen molar-refractivity contribution >= 4 is 5.91 Å². The zero-order valence-electron chi connectivity index (χ0n) is 12.4. The Kier molecular flexibility index (Phi) is 4.02. The summed E-state index contributed by atoms with van der Waals surface area (Å²) in [5.41, 5.74) is -0.719. The largest absolute Gasteiger partial charge is 0.388 e. The molecule has 1 saturated carbocycles. The number of ether oxygens (including phenoxy) is 1. The second kappa shape index (κ2) is 5.62. The maximum Gasteiger partial charge on any atom is 0.242 e. The summed E-state index contributed by atoms with van der Waals surface area (Å²) in [6.45, 7) is 5.05. The average molecular weight is 282 g/mol. The summed E-state index contributed by atoms with van der Waals surface area (Å²) in [5, 5.41) is 10.1. The average Bonchev–Trinajstić information content (AvgIpc) is 3.07. The SMILES string of the molecule is C[C@@]1(O)CCN(C(=O)[C@@H]2COCCN2C2CCCC2)C1. The molecule has 1 amide bonds. The molecule has 2 saturated heterocycles. The first-order valence-corrected chi connectivity index (χ1v) is 7.91. The van der Waals surface area contributed by atoms with Gasteiger partial charge in [-0.05, 0) is 26.2 Å². The molecule has 0 aromatic carbocycles. The van der Waals surface area contributed by atoms with Crippen LogP contribution in [0.5, 0.6) is 0 Å². The first-order chi connectivity index (χ1) is 9.57.